The van der Waals surface area contributed by atoms with Gasteiger partial charge in [0.05, 0.1) is 16.8 Å². The third-order valence-corrected chi connectivity index (χ3v) is 4.56. The van der Waals surface area contributed by atoms with E-state index in [1.165, 1.54) is 12.1 Å². The lowest BCUT2D eigenvalue weighted by Crippen LogP contribution is -2.08. The summed E-state index contributed by atoms with van der Waals surface area (Å²) in [5.74, 6) is 0.757. The third kappa shape index (κ3) is 3.40. The maximum Gasteiger partial charge on any atom is 0.416 e. The van der Waals surface area contributed by atoms with Crippen LogP contribution in [-0.2, 0) is 16.5 Å². The van der Waals surface area contributed by atoms with Crippen LogP contribution in [-0.4, -0.2) is 17.3 Å². The van der Waals surface area contributed by atoms with E-state index in [2.05, 4.69) is 15.5 Å². The lowest BCUT2D eigenvalue weighted by atomic mass is 10.1. The summed E-state index contributed by atoms with van der Waals surface area (Å²) in [5, 5.41) is 11.3. The molecule has 1 N–H and O–H groups in total. The Morgan fingerprint density at radius 3 is 2.37 bits per heavy atom. The fourth-order valence-corrected chi connectivity index (χ4v) is 2.81. The Labute approximate surface area is 153 Å². The minimum atomic E-state index is -4.36. The molecule has 0 bridgehead atoms. The van der Waals surface area contributed by atoms with E-state index in [0.717, 1.165) is 25.0 Å². The standard InChI is InChI=1S/C19H16F3N3O2/c1-26-18(10-11-18)17-25-24-16(27-17)14-4-2-3-5-15(14)23-13-8-6-12(7-9-13)19(20,21)22/h2-9,23H,10-11H2,1H3. The smallest absolute Gasteiger partial charge is 0.416 e. The predicted octanol–water partition coefficient (Wildman–Crippen LogP) is 5.13. The number of aromatic nitrogens is 2. The number of nitrogens with zero attached hydrogens (tertiary/aromatic N) is 2. The highest BCUT2D eigenvalue weighted by Crippen LogP contribution is 2.48. The van der Waals surface area contributed by atoms with Crippen molar-refractivity contribution in [2.75, 3.05) is 12.4 Å². The maximum atomic E-state index is 12.7. The van der Waals surface area contributed by atoms with E-state index in [-0.39, 0.29) is 0 Å². The van der Waals surface area contributed by atoms with E-state index >= 15 is 0 Å². The Kier molecular flexibility index (Phi) is 4.15. The van der Waals surface area contributed by atoms with Crippen LogP contribution in [0.2, 0.25) is 0 Å². The third-order valence-electron chi connectivity index (χ3n) is 4.56. The number of hydrogen-bond acceptors (Lipinski definition) is 5. The van der Waals surface area contributed by atoms with Gasteiger partial charge in [0.15, 0.2) is 0 Å². The van der Waals surface area contributed by atoms with E-state index in [1.54, 1.807) is 19.2 Å². The van der Waals surface area contributed by atoms with Gasteiger partial charge in [-0.25, -0.2) is 0 Å². The van der Waals surface area contributed by atoms with E-state index in [4.69, 9.17) is 9.15 Å². The Morgan fingerprint density at radius 1 is 1.04 bits per heavy atom. The van der Waals surface area contributed by atoms with Gasteiger partial charge in [0.2, 0.25) is 11.8 Å². The van der Waals surface area contributed by atoms with Gasteiger partial charge in [0.25, 0.3) is 0 Å². The molecule has 0 atom stereocenters. The van der Waals surface area contributed by atoms with Crippen LogP contribution in [0.4, 0.5) is 24.5 Å². The van der Waals surface area contributed by atoms with E-state index in [0.29, 0.717) is 28.7 Å². The zero-order valence-electron chi connectivity index (χ0n) is 14.4. The van der Waals surface area contributed by atoms with Crippen LogP contribution in [0.25, 0.3) is 11.5 Å². The van der Waals surface area contributed by atoms with Gasteiger partial charge < -0.3 is 14.5 Å². The van der Waals surface area contributed by atoms with Crippen molar-refractivity contribution >= 4 is 11.4 Å². The second kappa shape index (κ2) is 6.38. The normalized spacial score (nSPS) is 15.6. The van der Waals surface area contributed by atoms with Crippen LogP contribution < -0.4 is 5.32 Å². The molecule has 3 aromatic rings. The number of nitrogens with one attached hydrogen (secondary N) is 1. The van der Waals surface area contributed by atoms with Crippen LogP contribution in [0.1, 0.15) is 24.3 Å². The molecule has 0 amide bonds. The van der Waals surface area contributed by atoms with Crippen molar-refractivity contribution in [2.45, 2.75) is 24.6 Å². The molecule has 0 saturated heterocycles. The molecule has 1 aliphatic rings. The molecule has 0 unspecified atom stereocenters. The molecular weight excluding hydrogens is 359 g/mol. The lowest BCUT2D eigenvalue weighted by Gasteiger charge is -2.12. The van der Waals surface area contributed by atoms with Crippen molar-refractivity contribution in [3.05, 3.63) is 60.0 Å². The van der Waals surface area contributed by atoms with E-state index in [1.807, 2.05) is 12.1 Å². The molecule has 0 aliphatic heterocycles. The van der Waals surface area contributed by atoms with Crippen LogP contribution >= 0.6 is 0 Å². The number of alkyl halides is 3. The number of hydrogen-bond donors (Lipinski definition) is 1. The molecule has 1 heterocycles. The first kappa shape index (κ1) is 17.5. The Balaban J connectivity index is 1.60. The quantitative estimate of drug-likeness (QED) is 0.670. The minimum absolute atomic E-state index is 0.323. The number of anilines is 2. The average Bonchev–Trinajstić information content (AvgIpc) is 3.30. The summed E-state index contributed by atoms with van der Waals surface area (Å²) < 4.78 is 49.4. The van der Waals surface area contributed by atoms with Gasteiger partial charge in [-0.3, -0.25) is 0 Å². The van der Waals surface area contributed by atoms with Gasteiger partial charge in [-0.1, -0.05) is 12.1 Å². The molecule has 2 aromatic carbocycles. The fourth-order valence-electron chi connectivity index (χ4n) is 2.81. The molecule has 1 saturated carbocycles. The largest absolute Gasteiger partial charge is 0.417 e. The second-order valence-corrected chi connectivity index (χ2v) is 6.36. The van der Waals surface area contributed by atoms with Crippen LogP contribution in [0.15, 0.2) is 52.9 Å². The second-order valence-electron chi connectivity index (χ2n) is 6.36. The van der Waals surface area contributed by atoms with E-state index in [9.17, 15) is 13.2 Å². The molecule has 1 aliphatic carbocycles. The van der Waals surface area contributed by atoms with E-state index < -0.39 is 17.3 Å². The van der Waals surface area contributed by atoms with Gasteiger partial charge in [-0.05, 0) is 49.2 Å². The average molecular weight is 375 g/mol. The van der Waals surface area contributed by atoms with Gasteiger partial charge in [0, 0.05) is 12.8 Å². The molecule has 1 fully saturated rings. The summed E-state index contributed by atoms with van der Waals surface area (Å²) in [4.78, 5) is 0. The SMILES string of the molecule is COC1(c2nnc(-c3ccccc3Nc3ccc(C(F)(F)F)cc3)o2)CC1. The summed E-state index contributed by atoms with van der Waals surface area (Å²) in [6, 6.07) is 12.0. The first-order valence-corrected chi connectivity index (χ1v) is 8.34. The molecular formula is C19H16F3N3O2. The summed E-state index contributed by atoms with van der Waals surface area (Å²) in [5.41, 5.74) is 0.641. The topological polar surface area (TPSA) is 60.2 Å². The first-order valence-electron chi connectivity index (χ1n) is 8.34. The van der Waals surface area contributed by atoms with Gasteiger partial charge in [0.1, 0.15) is 5.60 Å². The number of methoxy groups -OCH3 is 1. The van der Waals surface area contributed by atoms with Crippen molar-refractivity contribution in [3.63, 3.8) is 0 Å². The minimum Gasteiger partial charge on any atom is -0.417 e. The Bertz CT molecular complexity index is 947. The number of para-hydroxylation sites is 1. The summed E-state index contributed by atoms with van der Waals surface area (Å²) >= 11 is 0. The molecule has 0 radical (unpaired) electrons. The number of benzene rings is 2. The summed E-state index contributed by atoms with van der Waals surface area (Å²) in [6.45, 7) is 0. The van der Waals surface area contributed by atoms with Gasteiger partial charge in [-0.15, -0.1) is 10.2 Å². The Morgan fingerprint density at radius 2 is 1.74 bits per heavy atom. The number of rotatable bonds is 5. The highest BCUT2D eigenvalue weighted by molar-refractivity contribution is 5.76. The first-order chi connectivity index (χ1) is 12.9. The lowest BCUT2D eigenvalue weighted by molar-refractivity contribution is -0.137. The van der Waals surface area contributed by atoms with Gasteiger partial charge in [-0.2, -0.15) is 13.2 Å². The zero-order valence-corrected chi connectivity index (χ0v) is 14.4. The highest BCUT2D eigenvalue weighted by Gasteiger charge is 2.50. The van der Waals surface area contributed by atoms with Crippen molar-refractivity contribution in [1.29, 1.82) is 0 Å². The number of ether oxygens (including phenoxy) is 1. The Hall–Kier alpha value is -2.87. The molecule has 0 spiro atoms. The fraction of sp³-hybridized carbons (Fsp3) is 0.263. The molecule has 27 heavy (non-hydrogen) atoms. The van der Waals surface area contributed by atoms with Crippen LogP contribution in [0.3, 0.4) is 0 Å². The van der Waals surface area contributed by atoms with Crippen molar-refractivity contribution in [1.82, 2.24) is 10.2 Å². The van der Waals surface area contributed by atoms with Crippen molar-refractivity contribution in [2.24, 2.45) is 0 Å². The van der Waals surface area contributed by atoms with Crippen LogP contribution in [0.5, 0.6) is 0 Å². The van der Waals surface area contributed by atoms with Crippen molar-refractivity contribution in [3.8, 4) is 11.5 Å². The van der Waals surface area contributed by atoms with Crippen LogP contribution in [0, 0.1) is 0 Å². The molecule has 140 valence electrons. The summed E-state index contributed by atoms with van der Waals surface area (Å²) in [7, 11) is 1.61. The predicted molar refractivity (Wildman–Crippen MR) is 92.4 cm³/mol. The molecule has 4 rings (SSSR count). The highest BCUT2D eigenvalue weighted by atomic mass is 19.4. The molecule has 8 heteroatoms. The maximum absolute atomic E-state index is 12.7. The molecule has 1 aromatic heterocycles. The van der Waals surface area contributed by atoms with Gasteiger partial charge >= 0.3 is 6.18 Å². The van der Waals surface area contributed by atoms with Crippen molar-refractivity contribution < 1.29 is 22.3 Å². The molecule has 5 nitrogen and oxygen atoms in total. The number of halogens is 3. The summed E-state index contributed by atoms with van der Waals surface area (Å²) in [6.07, 6.45) is -2.70. The zero-order chi connectivity index (χ0) is 19.1. The monoisotopic (exact) mass is 375 g/mol.